The van der Waals surface area contributed by atoms with E-state index < -0.39 is 138 Å². The van der Waals surface area contributed by atoms with Gasteiger partial charge >= 0.3 is 5.97 Å². The van der Waals surface area contributed by atoms with Crippen molar-refractivity contribution in [1.29, 1.82) is 0 Å². The molecule has 0 aliphatic carbocycles. The second-order valence-corrected chi connectivity index (χ2v) is 20.0. The Morgan fingerprint density at radius 3 is 2.09 bits per heavy atom. The van der Waals surface area contributed by atoms with Crippen LogP contribution in [0, 0.1) is 23.0 Å². The summed E-state index contributed by atoms with van der Waals surface area (Å²) in [5.41, 5.74) is 6.74. The molecule has 4 aromatic rings. The van der Waals surface area contributed by atoms with Crippen LogP contribution in [0.5, 0.6) is 0 Å². The van der Waals surface area contributed by atoms with E-state index in [9.17, 15) is 57.4 Å². The van der Waals surface area contributed by atoms with E-state index >= 15 is 4.39 Å². The van der Waals surface area contributed by atoms with Crippen LogP contribution in [0.4, 0.5) is 8.78 Å². The van der Waals surface area contributed by atoms with Crippen LogP contribution in [0.3, 0.4) is 0 Å². The molecule has 2 heterocycles. The molecular formula is C55H69F2N9O12. The number of carbonyl (C=O) groups excluding carboxylic acids is 9. The number of carboxylic acids is 1. The van der Waals surface area contributed by atoms with Gasteiger partial charge in [-0.2, -0.15) is 0 Å². The zero-order valence-corrected chi connectivity index (χ0v) is 44.3. The highest BCUT2D eigenvalue weighted by Crippen LogP contribution is 2.41. The molecule has 0 aliphatic rings. The Balaban J connectivity index is 1.63. The molecule has 5 atom stereocenters. The number of pyridine rings is 1. The first-order valence-electron chi connectivity index (χ1n) is 25.3. The quantitative estimate of drug-likeness (QED) is 0.0337. The van der Waals surface area contributed by atoms with E-state index in [1.165, 1.54) is 31.1 Å². The Labute approximate surface area is 450 Å². The van der Waals surface area contributed by atoms with E-state index in [1.54, 1.807) is 49.7 Å². The van der Waals surface area contributed by atoms with Crippen molar-refractivity contribution in [2.24, 2.45) is 17.1 Å². The molecule has 0 fully saturated rings. The molecule has 2 aromatic carbocycles. The van der Waals surface area contributed by atoms with Crippen molar-refractivity contribution in [3.63, 3.8) is 0 Å². The number of nitrogens with zero attached hydrogens (tertiary/aromatic N) is 3. The predicted octanol–water partition coefficient (Wildman–Crippen LogP) is 2.81. The lowest BCUT2D eigenvalue weighted by molar-refractivity contribution is -0.140. The molecule has 0 aliphatic heterocycles. The van der Waals surface area contributed by atoms with Crippen LogP contribution in [-0.4, -0.2) is 128 Å². The summed E-state index contributed by atoms with van der Waals surface area (Å²) < 4.78 is 31.8. The Morgan fingerprint density at radius 2 is 1.45 bits per heavy atom. The molecule has 23 heteroatoms. The third kappa shape index (κ3) is 20.1. The number of nitrogens with one attached hydrogen (secondary N) is 5. The summed E-state index contributed by atoms with van der Waals surface area (Å²) in [5, 5.41) is 31.8. The first-order chi connectivity index (χ1) is 36.9. The van der Waals surface area contributed by atoms with Crippen molar-refractivity contribution in [2.45, 2.75) is 117 Å². The Kier molecular flexibility index (Phi) is 23.9. The van der Waals surface area contributed by atoms with Crippen molar-refractivity contribution in [2.75, 3.05) is 26.2 Å². The number of Topliss-reactive ketones (excluding diaryl/α,β-unsaturated/α-hetero) is 2. The van der Waals surface area contributed by atoms with Crippen LogP contribution in [0.25, 0.3) is 11.1 Å². The molecule has 0 saturated carbocycles. The topological polar surface area (TPSA) is 318 Å². The number of aliphatic carboxylic acids is 1. The summed E-state index contributed by atoms with van der Waals surface area (Å²) >= 11 is 0. The normalized spacial score (nSPS) is 13.1. The maximum absolute atomic E-state index is 15.4. The van der Waals surface area contributed by atoms with E-state index in [2.05, 4.69) is 31.6 Å². The van der Waals surface area contributed by atoms with Gasteiger partial charge in [-0.05, 0) is 72.7 Å². The van der Waals surface area contributed by atoms with Crippen LogP contribution in [0.15, 0.2) is 85.3 Å². The van der Waals surface area contributed by atoms with Crippen molar-refractivity contribution >= 4 is 58.9 Å². The number of aliphatic hydroxyl groups is 1. The van der Waals surface area contributed by atoms with Crippen molar-refractivity contribution in [1.82, 2.24) is 41.0 Å². The summed E-state index contributed by atoms with van der Waals surface area (Å²) in [6, 6.07) is 11.8. The Hall–Kier alpha value is -8.21. The van der Waals surface area contributed by atoms with Gasteiger partial charge in [-0.3, -0.25) is 52.9 Å². The third-order valence-electron chi connectivity index (χ3n) is 12.5. The summed E-state index contributed by atoms with van der Waals surface area (Å²) in [5.74, 6) is -10.4. The Bertz CT molecular complexity index is 2770. The average Bonchev–Trinajstić information content (AvgIpc) is 3.84. The molecule has 420 valence electrons. The van der Waals surface area contributed by atoms with Gasteiger partial charge in [0.2, 0.25) is 41.4 Å². The van der Waals surface area contributed by atoms with Crippen LogP contribution in [-0.2, 0) is 60.9 Å². The fraction of sp³-hybridized carbons (Fsp3) is 0.436. The number of carbonyl (C=O) groups is 10. The predicted molar refractivity (Wildman–Crippen MR) is 280 cm³/mol. The number of benzene rings is 2. The highest BCUT2D eigenvalue weighted by atomic mass is 19.1. The molecule has 0 radical (unpaired) electrons. The van der Waals surface area contributed by atoms with E-state index in [-0.39, 0.29) is 62.9 Å². The maximum Gasteiger partial charge on any atom is 0.303 e. The number of nitrogens with two attached hydrogens (primary N) is 1. The number of hydrogen-bond donors (Lipinski definition) is 8. The van der Waals surface area contributed by atoms with Gasteiger partial charge in [0.1, 0.15) is 30.3 Å². The molecule has 7 amide bonds. The largest absolute Gasteiger partial charge is 0.481 e. The van der Waals surface area contributed by atoms with E-state index in [4.69, 9.17) is 10.8 Å². The fourth-order valence-electron chi connectivity index (χ4n) is 8.48. The number of primary amides is 1. The molecule has 0 bridgehead atoms. The van der Waals surface area contributed by atoms with Crippen molar-refractivity contribution in [3.8, 4) is 11.1 Å². The number of halogens is 2. The summed E-state index contributed by atoms with van der Waals surface area (Å²) in [7, 11) is 0. The molecular weight excluding hydrogens is 1020 g/mol. The van der Waals surface area contributed by atoms with E-state index in [0.717, 1.165) is 23.8 Å². The molecule has 0 unspecified atom stereocenters. The number of aromatic nitrogens is 2. The first-order valence-corrected chi connectivity index (χ1v) is 25.3. The number of amides is 7. The highest BCUT2D eigenvalue weighted by molar-refractivity contribution is 5.97. The third-order valence-corrected chi connectivity index (χ3v) is 12.5. The fourth-order valence-corrected chi connectivity index (χ4v) is 8.48. The van der Waals surface area contributed by atoms with Gasteiger partial charge in [0.05, 0.1) is 37.9 Å². The molecule has 0 spiro atoms. The zero-order valence-electron chi connectivity index (χ0n) is 44.3. The van der Waals surface area contributed by atoms with Gasteiger partial charge in [-0.25, -0.2) is 8.78 Å². The molecule has 2 aromatic heterocycles. The van der Waals surface area contributed by atoms with Crippen LogP contribution in [0.2, 0.25) is 0 Å². The van der Waals surface area contributed by atoms with E-state index in [0.29, 0.717) is 11.3 Å². The van der Waals surface area contributed by atoms with Gasteiger partial charge in [0.25, 0.3) is 0 Å². The molecule has 4 rings (SSSR count). The van der Waals surface area contributed by atoms with Crippen molar-refractivity contribution < 1.29 is 66.9 Å². The maximum atomic E-state index is 15.4. The number of ketones is 2. The Morgan fingerprint density at radius 1 is 0.769 bits per heavy atom. The lowest BCUT2D eigenvalue weighted by Crippen LogP contribution is -2.56. The molecule has 78 heavy (non-hydrogen) atoms. The lowest BCUT2D eigenvalue weighted by atomic mass is 9.82. The summed E-state index contributed by atoms with van der Waals surface area (Å²) in [4.78, 5) is 135. The lowest BCUT2D eigenvalue weighted by Gasteiger charge is -2.41. The number of aliphatic hydroxyl groups excluding tert-OH is 1. The van der Waals surface area contributed by atoms with Gasteiger partial charge in [0.15, 0.2) is 11.6 Å². The van der Waals surface area contributed by atoms with Gasteiger partial charge < -0.3 is 52.0 Å². The highest BCUT2D eigenvalue weighted by Gasteiger charge is 2.39. The second-order valence-electron chi connectivity index (χ2n) is 20.0. The summed E-state index contributed by atoms with van der Waals surface area (Å²) in [6.07, 6.45) is 2.19. The minimum atomic E-state index is -1.70. The zero-order chi connectivity index (χ0) is 57.7. The molecule has 0 saturated heterocycles. The monoisotopic (exact) mass is 1090 g/mol. The van der Waals surface area contributed by atoms with Crippen LogP contribution in [0.1, 0.15) is 102 Å². The van der Waals surface area contributed by atoms with Crippen molar-refractivity contribution in [3.05, 3.63) is 114 Å². The smallest absolute Gasteiger partial charge is 0.303 e. The van der Waals surface area contributed by atoms with Gasteiger partial charge in [-0.15, -0.1) is 0 Å². The van der Waals surface area contributed by atoms with E-state index in [1.807, 2.05) is 30.3 Å². The van der Waals surface area contributed by atoms with Crippen LogP contribution < -0.4 is 32.3 Å². The minimum absolute atomic E-state index is 0.0322. The van der Waals surface area contributed by atoms with Crippen LogP contribution >= 0.6 is 0 Å². The summed E-state index contributed by atoms with van der Waals surface area (Å²) in [6.45, 7) is 6.52. The number of rotatable bonds is 31. The van der Waals surface area contributed by atoms with Gasteiger partial charge in [0, 0.05) is 80.2 Å². The standard InChI is InChI=1S/C55H69F2N9O12/c1-33(24-45(69)34(2)62-48(72)25-35-17-21-59-22-18-35)52(76)64-43(28-46(58)70)54(78)63-42(53(77)60-20-9-12-39(68)29-61-47(71)15-16-50(74)75)19-23-66(49(73)32-67)51(55(3,4)5)44-26-37(40-27-38(56)13-14-41(40)57)31-65(44)30-36-10-7-6-8-11-36/h6-8,10-11,13-14,17-18,21-22,26-27,31,33-34,42-43,51,67H,9,12,15-16,19-20,23-25,28-30,32H2,1-5H3,(H2,58,70)(H,60,77)(H,61,71)(H,62,72)(H,63,78)(H,64,76)(H,74,75)/t33-,34+,42+,43+,51+/m1/s1. The molecule has 21 nitrogen and oxygen atoms in total. The number of hydrogen-bond acceptors (Lipinski definition) is 12. The second kappa shape index (κ2) is 29.9. The van der Waals surface area contributed by atoms with Gasteiger partial charge in [-0.1, -0.05) is 58.0 Å². The first kappa shape index (κ1) is 62.3. The number of carboxylic acid groups (broad SMARTS) is 1. The minimum Gasteiger partial charge on any atom is -0.481 e. The molecule has 9 N–H and O–H groups in total. The average molecular weight is 1090 g/mol. The SMILES string of the molecule is C[C@H](CC(=O)[C@H](C)NC(=O)Cc1ccncc1)C(=O)N[C@@H](CC(N)=O)C(=O)N[C@@H](CCN(C(=O)CO)[C@@H](c1cc(-c2cc(F)ccc2F)cn1Cc1ccccc1)C(C)(C)C)C(=O)NCCCC(=O)CNC(=O)CCC(=O)O.